The summed E-state index contributed by atoms with van der Waals surface area (Å²) in [6.07, 6.45) is 1.66. The van der Waals surface area contributed by atoms with Gasteiger partial charge >= 0.3 is 0 Å². The lowest BCUT2D eigenvalue weighted by atomic mass is 10.1. The smallest absolute Gasteiger partial charge is 0.176 e. The van der Waals surface area contributed by atoms with Crippen molar-refractivity contribution in [3.63, 3.8) is 0 Å². The van der Waals surface area contributed by atoms with Crippen LogP contribution in [0.3, 0.4) is 0 Å². The van der Waals surface area contributed by atoms with E-state index < -0.39 is 0 Å². The molecule has 5 nitrogen and oxygen atoms in total. The highest BCUT2D eigenvalue weighted by Gasteiger charge is 2.24. The average Bonchev–Trinajstić information content (AvgIpc) is 3.16. The standard InChI is InChI=1S/C19H23FN2O3/c1-14-4-5-15(11-16(14)20)18(23)13-21-12-17(19-3-2-8-25-19)22-6-9-24-10-7-22/h2-5,8,11,17,21H,6-7,9-10,12-13H2,1H3. The van der Waals surface area contributed by atoms with Crippen LogP contribution in [0.15, 0.2) is 41.0 Å². The van der Waals surface area contributed by atoms with Gasteiger partial charge < -0.3 is 14.5 Å². The molecule has 1 aromatic heterocycles. The van der Waals surface area contributed by atoms with Crippen molar-refractivity contribution >= 4 is 5.78 Å². The molecule has 0 amide bonds. The van der Waals surface area contributed by atoms with Gasteiger partial charge in [-0.1, -0.05) is 12.1 Å². The van der Waals surface area contributed by atoms with E-state index in [9.17, 15) is 9.18 Å². The molecule has 0 spiro atoms. The molecule has 1 aromatic carbocycles. The number of nitrogens with one attached hydrogen (secondary N) is 1. The zero-order valence-electron chi connectivity index (χ0n) is 14.3. The zero-order chi connectivity index (χ0) is 17.6. The predicted molar refractivity (Wildman–Crippen MR) is 92.2 cm³/mol. The summed E-state index contributed by atoms with van der Waals surface area (Å²) in [6.45, 7) is 5.45. The van der Waals surface area contributed by atoms with Gasteiger partial charge in [0.25, 0.3) is 0 Å². The van der Waals surface area contributed by atoms with E-state index in [2.05, 4.69) is 10.2 Å². The topological polar surface area (TPSA) is 54.7 Å². The number of rotatable bonds is 7. The minimum atomic E-state index is -0.354. The maximum atomic E-state index is 13.6. The molecule has 2 aromatic rings. The SMILES string of the molecule is Cc1ccc(C(=O)CNCC(c2ccco2)N2CCOCC2)cc1F. The van der Waals surface area contributed by atoms with Crippen LogP contribution in [0.4, 0.5) is 4.39 Å². The number of benzene rings is 1. The number of nitrogens with zero attached hydrogens (tertiary/aromatic N) is 1. The van der Waals surface area contributed by atoms with Crippen molar-refractivity contribution in [2.75, 3.05) is 39.4 Å². The molecule has 0 radical (unpaired) electrons. The molecule has 134 valence electrons. The highest BCUT2D eigenvalue weighted by Crippen LogP contribution is 2.21. The number of ether oxygens (including phenoxy) is 1. The Kier molecular flexibility index (Phi) is 5.96. The maximum Gasteiger partial charge on any atom is 0.176 e. The average molecular weight is 346 g/mol. The van der Waals surface area contributed by atoms with Gasteiger partial charge in [-0.2, -0.15) is 0 Å². The molecule has 1 saturated heterocycles. The second kappa shape index (κ2) is 8.38. The van der Waals surface area contributed by atoms with Gasteiger partial charge in [0.2, 0.25) is 0 Å². The van der Waals surface area contributed by atoms with E-state index in [0.29, 0.717) is 30.9 Å². The lowest BCUT2D eigenvalue weighted by Gasteiger charge is -2.33. The molecule has 1 N–H and O–H groups in total. The summed E-state index contributed by atoms with van der Waals surface area (Å²) >= 11 is 0. The van der Waals surface area contributed by atoms with Crippen molar-refractivity contribution in [1.82, 2.24) is 10.2 Å². The van der Waals surface area contributed by atoms with Crippen LogP contribution in [0.5, 0.6) is 0 Å². The molecule has 3 rings (SSSR count). The molecular weight excluding hydrogens is 323 g/mol. The number of furan rings is 1. The van der Waals surface area contributed by atoms with Gasteiger partial charge in [0.15, 0.2) is 5.78 Å². The molecule has 0 aliphatic carbocycles. The number of carbonyl (C=O) groups excluding carboxylic acids is 1. The van der Waals surface area contributed by atoms with Gasteiger partial charge in [0.05, 0.1) is 32.1 Å². The summed E-state index contributed by atoms with van der Waals surface area (Å²) in [5.41, 5.74) is 0.922. The highest BCUT2D eigenvalue weighted by atomic mass is 19.1. The summed E-state index contributed by atoms with van der Waals surface area (Å²) in [6, 6.07) is 8.44. The van der Waals surface area contributed by atoms with E-state index in [1.54, 1.807) is 25.3 Å². The third-order valence-corrected chi connectivity index (χ3v) is 4.48. The Balaban J connectivity index is 1.59. The number of hydrogen-bond donors (Lipinski definition) is 1. The third-order valence-electron chi connectivity index (χ3n) is 4.48. The van der Waals surface area contributed by atoms with E-state index in [4.69, 9.17) is 9.15 Å². The molecular formula is C19H23FN2O3. The van der Waals surface area contributed by atoms with E-state index >= 15 is 0 Å². The molecule has 0 saturated carbocycles. The van der Waals surface area contributed by atoms with Crippen LogP contribution in [0.2, 0.25) is 0 Å². The maximum absolute atomic E-state index is 13.6. The minimum Gasteiger partial charge on any atom is -0.468 e. The van der Waals surface area contributed by atoms with Crippen LogP contribution in [0.25, 0.3) is 0 Å². The van der Waals surface area contributed by atoms with Gasteiger partial charge in [-0.3, -0.25) is 9.69 Å². The Morgan fingerprint density at radius 1 is 1.32 bits per heavy atom. The number of hydrogen-bond acceptors (Lipinski definition) is 5. The largest absolute Gasteiger partial charge is 0.468 e. The lowest BCUT2D eigenvalue weighted by Crippen LogP contribution is -2.43. The van der Waals surface area contributed by atoms with E-state index in [-0.39, 0.29) is 24.2 Å². The van der Waals surface area contributed by atoms with Crippen molar-refractivity contribution < 1.29 is 18.3 Å². The molecule has 1 atom stereocenters. The first-order valence-electron chi connectivity index (χ1n) is 8.50. The Hall–Kier alpha value is -2.02. The van der Waals surface area contributed by atoms with Crippen molar-refractivity contribution in [2.45, 2.75) is 13.0 Å². The fourth-order valence-electron chi connectivity index (χ4n) is 2.97. The summed E-state index contributed by atoms with van der Waals surface area (Å²) in [7, 11) is 0. The fraction of sp³-hybridized carbons (Fsp3) is 0.421. The summed E-state index contributed by atoms with van der Waals surface area (Å²) < 4.78 is 24.6. The van der Waals surface area contributed by atoms with Crippen molar-refractivity contribution in [3.05, 3.63) is 59.3 Å². The number of ketones is 1. The summed E-state index contributed by atoms with van der Waals surface area (Å²) in [4.78, 5) is 14.5. The van der Waals surface area contributed by atoms with Crippen molar-refractivity contribution in [1.29, 1.82) is 0 Å². The number of morpholine rings is 1. The molecule has 1 aliphatic heterocycles. The van der Waals surface area contributed by atoms with Crippen LogP contribution >= 0.6 is 0 Å². The monoisotopic (exact) mass is 346 g/mol. The first-order valence-corrected chi connectivity index (χ1v) is 8.50. The van der Waals surface area contributed by atoms with Gasteiger partial charge in [-0.05, 0) is 30.7 Å². The molecule has 25 heavy (non-hydrogen) atoms. The van der Waals surface area contributed by atoms with Crippen LogP contribution in [-0.4, -0.2) is 50.1 Å². The Morgan fingerprint density at radius 2 is 2.12 bits per heavy atom. The number of Topliss-reactive ketones (excluding diaryl/α,β-unsaturated/α-hetero) is 1. The lowest BCUT2D eigenvalue weighted by molar-refractivity contribution is 0.0118. The molecule has 6 heteroatoms. The van der Waals surface area contributed by atoms with Crippen molar-refractivity contribution in [2.24, 2.45) is 0 Å². The van der Waals surface area contributed by atoms with Gasteiger partial charge in [-0.25, -0.2) is 4.39 Å². The second-order valence-corrected chi connectivity index (χ2v) is 6.20. The fourth-order valence-corrected chi connectivity index (χ4v) is 2.97. The molecule has 0 bridgehead atoms. The van der Waals surface area contributed by atoms with Crippen LogP contribution in [-0.2, 0) is 4.74 Å². The number of carbonyl (C=O) groups is 1. The van der Waals surface area contributed by atoms with Gasteiger partial charge in [0.1, 0.15) is 11.6 Å². The Bertz CT molecular complexity index is 697. The highest BCUT2D eigenvalue weighted by molar-refractivity contribution is 5.97. The van der Waals surface area contributed by atoms with Crippen LogP contribution < -0.4 is 5.32 Å². The zero-order valence-corrected chi connectivity index (χ0v) is 14.3. The quantitative estimate of drug-likeness (QED) is 0.781. The van der Waals surface area contributed by atoms with E-state index in [0.717, 1.165) is 18.8 Å². The van der Waals surface area contributed by atoms with E-state index in [1.807, 2.05) is 12.1 Å². The normalized spacial score (nSPS) is 16.7. The summed E-state index contributed by atoms with van der Waals surface area (Å²) in [5, 5.41) is 3.19. The first-order chi connectivity index (χ1) is 12.1. The van der Waals surface area contributed by atoms with Crippen molar-refractivity contribution in [3.8, 4) is 0 Å². The third kappa shape index (κ3) is 4.54. The van der Waals surface area contributed by atoms with E-state index in [1.165, 1.54) is 6.07 Å². The summed E-state index contributed by atoms with van der Waals surface area (Å²) in [5.74, 6) is 0.384. The molecule has 1 aliphatic rings. The Labute approximate surface area is 146 Å². The number of halogens is 1. The predicted octanol–water partition coefficient (Wildman–Crippen LogP) is 2.57. The Morgan fingerprint density at radius 3 is 2.80 bits per heavy atom. The van der Waals surface area contributed by atoms with Gasteiger partial charge in [0, 0.05) is 25.2 Å². The first kappa shape index (κ1) is 17.8. The van der Waals surface area contributed by atoms with Crippen LogP contribution in [0, 0.1) is 12.7 Å². The number of aryl methyl sites for hydroxylation is 1. The minimum absolute atomic E-state index is 0.0430. The van der Waals surface area contributed by atoms with Crippen LogP contribution in [0.1, 0.15) is 27.7 Å². The second-order valence-electron chi connectivity index (χ2n) is 6.20. The molecule has 1 unspecified atom stereocenters. The molecule has 1 fully saturated rings. The molecule has 2 heterocycles. The van der Waals surface area contributed by atoms with Gasteiger partial charge in [-0.15, -0.1) is 0 Å².